The second-order valence-electron chi connectivity index (χ2n) is 17.9. The van der Waals surface area contributed by atoms with E-state index in [9.17, 15) is 24.3 Å². The van der Waals surface area contributed by atoms with E-state index >= 15 is 0 Å². The summed E-state index contributed by atoms with van der Waals surface area (Å²) in [5.74, 6) is -0.755. The molecule has 0 heterocycles. The number of nitrogens with zero attached hydrogens (tertiary/aromatic N) is 1. The van der Waals surface area contributed by atoms with Crippen molar-refractivity contribution in [3.8, 4) is 0 Å². The van der Waals surface area contributed by atoms with Crippen LogP contribution in [0.1, 0.15) is 120 Å². The van der Waals surface area contributed by atoms with Gasteiger partial charge in [-0.25, -0.2) is 0 Å². The Kier molecular flexibility index (Phi) is 10.1. The van der Waals surface area contributed by atoms with E-state index < -0.39 is 34.1 Å². The number of aliphatic carboxylic acids is 1. The number of ether oxygens (including phenoxy) is 1. The Labute approximate surface area is 297 Å². The van der Waals surface area contributed by atoms with Gasteiger partial charge >= 0.3 is 11.9 Å². The van der Waals surface area contributed by atoms with E-state index in [0.29, 0.717) is 37.1 Å². The van der Waals surface area contributed by atoms with Crippen LogP contribution in [0.3, 0.4) is 0 Å². The third kappa shape index (κ3) is 5.81. The van der Waals surface area contributed by atoms with E-state index in [1.807, 2.05) is 0 Å². The van der Waals surface area contributed by atoms with Gasteiger partial charge in [0, 0.05) is 18.4 Å². The molecule has 0 aromatic carbocycles. The molecule has 5 N–H and O–H groups in total. The lowest BCUT2D eigenvalue weighted by Gasteiger charge is -2.71. The summed E-state index contributed by atoms with van der Waals surface area (Å²) >= 11 is 6.79. The van der Waals surface area contributed by atoms with Crippen molar-refractivity contribution in [2.75, 3.05) is 13.1 Å². The summed E-state index contributed by atoms with van der Waals surface area (Å²) in [5, 5.41) is 8.43. The highest BCUT2D eigenvalue weighted by atomic mass is 35.5. The minimum Gasteiger partial charge on any atom is -0.481 e. The summed E-state index contributed by atoms with van der Waals surface area (Å²) in [4.78, 5) is 56.1. The summed E-state index contributed by atoms with van der Waals surface area (Å²) in [6, 6.07) is 0. The number of ketones is 1. The molecular formula is C39H60ClN3O6. The first-order valence-corrected chi connectivity index (χ1v) is 19.0. The molecule has 5 rings (SSSR count). The molecule has 10 heteroatoms. The van der Waals surface area contributed by atoms with Crippen LogP contribution in [0.4, 0.5) is 0 Å². The highest BCUT2D eigenvalue weighted by molar-refractivity contribution is 6.44. The molecule has 0 aliphatic heterocycles. The van der Waals surface area contributed by atoms with E-state index in [-0.39, 0.29) is 58.7 Å². The number of nitrogens with two attached hydrogens (primary N) is 2. The number of halogens is 1. The Morgan fingerprint density at radius 3 is 2.31 bits per heavy atom. The van der Waals surface area contributed by atoms with Crippen LogP contribution < -0.4 is 11.5 Å². The van der Waals surface area contributed by atoms with Gasteiger partial charge in [0.2, 0.25) is 5.91 Å². The Balaban J connectivity index is 1.49. The van der Waals surface area contributed by atoms with Gasteiger partial charge in [-0.05, 0) is 122 Å². The Hall–Kier alpha value is -2.26. The molecule has 1 amide bonds. The number of Topliss-reactive ketones (excluding diaryl/α,β-unsaturated/α-hetero) is 1. The third-order valence-electron chi connectivity index (χ3n) is 14.8. The number of aliphatic imine (C=N–C) groups is 1. The van der Waals surface area contributed by atoms with Gasteiger partial charge in [0.25, 0.3) is 0 Å². The topological polar surface area (TPSA) is 162 Å². The quantitative estimate of drug-likeness (QED) is 0.133. The van der Waals surface area contributed by atoms with Crippen molar-refractivity contribution >= 4 is 40.9 Å². The van der Waals surface area contributed by atoms with Gasteiger partial charge in [-0.3, -0.25) is 24.2 Å². The number of carboxylic acids is 1. The number of hydrogen-bond acceptors (Lipinski definition) is 7. The first kappa shape index (κ1) is 38.0. The minimum absolute atomic E-state index is 0.00141. The Bertz CT molecular complexity index is 1460. The molecule has 10 atom stereocenters. The van der Waals surface area contributed by atoms with Gasteiger partial charge in [0.15, 0.2) is 11.2 Å². The van der Waals surface area contributed by atoms with E-state index in [1.54, 1.807) is 13.8 Å². The lowest BCUT2D eigenvalue weighted by atomic mass is 9.33. The fourth-order valence-electron chi connectivity index (χ4n) is 12.1. The molecule has 0 spiro atoms. The largest absolute Gasteiger partial charge is 0.481 e. The molecule has 0 aromatic heterocycles. The van der Waals surface area contributed by atoms with Crippen LogP contribution in [-0.4, -0.2) is 59.0 Å². The number of carbonyl (C=O) groups is 4. The number of carboxylic acid groups (broad SMARTS) is 1. The number of amides is 1. The number of allylic oxidation sites excluding steroid dienone is 2. The van der Waals surface area contributed by atoms with Crippen molar-refractivity contribution in [1.29, 1.82) is 0 Å². The number of fused-ring (bicyclic) bond motifs is 7. The smallest absolute Gasteiger partial charge is 0.309 e. The number of primary amides is 1. The van der Waals surface area contributed by atoms with Crippen LogP contribution in [0.2, 0.25) is 0 Å². The van der Waals surface area contributed by atoms with Crippen molar-refractivity contribution < 1.29 is 29.0 Å². The van der Waals surface area contributed by atoms with Gasteiger partial charge in [-0.2, -0.15) is 0 Å². The summed E-state index contributed by atoms with van der Waals surface area (Å²) in [6.45, 7) is 17.6. The van der Waals surface area contributed by atoms with Crippen LogP contribution in [0, 0.1) is 56.7 Å². The zero-order chi connectivity index (χ0) is 36.5. The molecule has 10 unspecified atom stereocenters. The summed E-state index contributed by atoms with van der Waals surface area (Å²) in [5.41, 5.74) is 12.4. The fourth-order valence-corrected chi connectivity index (χ4v) is 12.4. The predicted molar refractivity (Wildman–Crippen MR) is 191 cm³/mol. The lowest BCUT2D eigenvalue weighted by Crippen LogP contribution is -2.65. The van der Waals surface area contributed by atoms with Crippen LogP contribution in [0.5, 0.6) is 0 Å². The minimum atomic E-state index is -1.17. The zero-order valence-electron chi connectivity index (χ0n) is 31.0. The predicted octanol–water partition coefficient (Wildman–Crippen LogP) is 6.48. The number of esters is 1. The molecule has 4 fully saturated rings. The van der Waals surface area contributed by atoms with Crippen LogP contribution >= 0.6 is 11.6 Å². The SMILES string of the molecule is CC(C)C1=C2C3CCC4C5(C)CCC(OC(=O)CC(C)(C)C(=O)O)C(C)C5CCC4(C)C3(C)CCC2(C(=NCCN)C(Cl)C(N)=O)CC1=O. The van der Waals surface area contributed by atoms with Gasteiger partial charge in [-0.1, -0.05) is 41.5 Å². The number of carbonyl (C=O) groups excluding carboxylic acids is 3. The first-order chi connectivity index (χ1) is 22.7. The van der Waals surface area contributed by atoms with Crippen molar-refractivity contribution in [1.82, 2.24) is 0 Å². The zero-order valence-corrected chi connectivity index (χ0v) is 31.8. The molecule has 0 aromatic rings. The van der Waals surface area contributed by atoms with Gasteiger partial charge in [0.05, 0.1) is 24.1 Å². The molecule has 274 valence electrons. The van der Waals surface area contributed by atoms with Crippen LogP contribution in [-0.2, 0) is 23.9 Å². The van der Waals surface area contributed by atoms with Gasteiger partial charge in [0.1, 0.15) is 6.10 Å². The van der Waals surface area contributed by atoms with E-state index in [4.69, 9.17) is 32.8 Å². The van der Waals surface area contributed by atoms with Crippen molar-refractivity contribution in [2.24, 2.45) is 73.1 Å². The molecule has 5 aliphatic carbocycles. The number of alkyl halides is 1. The fraction of sp³-hybridized carbons (Fsp3) is 0.821. The number of hydrogen-bond donors (Lipinski definition) is 3. The van der Waals surface area contributed by atoms with Crippen LogP contribution in [0.25, 0.3) is 0 Å². The number of rotatable bonds is 10. The monoisotopic (exact) mass is 701 g/mol. The van der Waals surface area contributed by atoms with Crippen LogP contribution in [0.15, 0.2) is 16.1 Å². The standard InChI is InChI=1S/C39H60ClN3O6/c1-21(2)29-25(44)19-39(32(43-18-17-41)31(40)33(42)46)16-15-37(7)24(30(29)39)9-10-27-36(6)13-12-26(22(3)23(36)11-14-38(27,37)8)49-28(45)20-35(4,5)34(47)48/h21-24,26-27,31H,9-20,41H2,1-8H3,(H2,42,46)(H,47,48). The van der Waals surface area contributed by atoms with E-state index in [0.717, 1.165) is 50.5 Å². The highest BCUT2D eigenvalue weighted by Gasteiger charge is 2.70. The molecule has 9 nitrogen and oxygen atoms in total. The highest BCUT2D eigenvalue weighted by Crippen LogP contribution is 2.76. The normalized spacial score (nSPS) is 39.9. The van der Waals surface area contributed by atoms with Crippen molar-refractivity contribution in [3.05, 3.63) is 11.1 Å². The second kappa shape index (κ2) is 13.1. The van der Waals surface area contributed by atoms with Crippen molar-refractivity contribution in [2.45, 2.75) is 131 Å². The maximum atomic E-state index is 14.0. The first-order valence-electron chi connectivity index (χ1n) is 18.6. The molecule has 0 radical (unpaired) electrons. The molecule has 5 aliphatic rings. The van der Waals surface area contributed by atoms with Gasteiger partial charge < -0.3 is 21.3 Å². The Morgan fingerprint density at radius 1 is 1.04 bits per heavy atom. The third-order valence-corrected chi connectivity index (χ3v) is 15.2. The second-order valence-corrected chi connectivity index (χ2v) is 18.4. The summed E-state index contributed by atoms with van der Waals surface area (Å²) in [7, 11) is 0. The molecule has 0 bridgehead atoms. The average molecular weight is 702 g/mol. The molecular weight excluding hydrogens is 642 g/mol. The lowest BCUT2D eigenvalue weighted by molar-refractivity contribution is -0.214. The van der Waals surface area contributed by atoms with E-state index in [1.165, 1.54) is 5.57 Å². The van der Waals surface area contributed by atoms with Crippen molar-refractivity contribution in [3.63, 3.8) is 0 Å². The summed E-state index contributed by atoms with van der Waals surface area (Å²) < 4.78 is 6.04. The maximum Gasteiger partial charge on any atom is 0.309 e. The van der Waals surface area contributed by atoms with E-state index in [2.05, 4.69) is 41.5 Å². The average Bonchev–Trinajstić information content (AvgIpc) is 3.31. The Morgan fingerprint density at radius 2 is 1.71 bits per heavy atom. The molecule has 0 saturated heterocycles. The maximum absolute atomic E-state index is 14.0. The molecule has 49 heavy (non-hydrogen) atoms. The summed E-state index contributed by atoms with van der Waals surface area (Å²) in [6.07, 6.45) is 7.28. The molecule has 4 saturated carbocycles. The van der Waals surface area contributed by atoms with Gasteiger partial charge in [-0.15, -0.1) is 11.6 Å².